The number of aliphatic imine (C=N–C) groups is 1. The molecule has 0 radical (unpaired) electrons. The number of aliphatic hydroxyl groups excluding tert-OH is 1. The summed E-state index contributed by atoms with van der Waals surface area (Å²) in [6.45, 7) is 8.28. The predicted molar refractivity (Wildman–Crippen MR) is 104 cm³/mol. The number of fused-ring (bicyclic) bond motifs is 1. The van der Waals surface area contributed by atoms with Crippen LogP contribution in [0.3, 0.4) is 0 Å². The molecule has 3 rings (SSSR count). The van der Waals surface area contributed by atoms with E-state index in [9.17, 15) is 9.90 Å². The number of carbonyl (C=O) groups excluding carboxylic acids is 1. The molecule has 0 saturated carbocycles. The highest BCUT2D eigenvalue weighted by molar-refractivity contribution is 5.94. The van der Waals surface area contributed by atoms with Crippen LogP contribution in [0, 0.1) is 12.3 Å². The van der Waals surface area contributed by atoms with Gasteiger partial charge in [-0.1, -0.05) is 50.6 Å². The molecule has 138 valence electrons. The number of aromatic amines is 1. The topological polar surface area (TPSA) is 80.7 Å². The van der Waals surface area contributed by atoms with Gasteiger partial charge in [-0.2, -0.15) is 0 Å². The van der Waals surface area contributed by atoms with Crippen molar-refractivity contribution in [2.24, 2.45) is 10.4 Å². The van der Waals surface area contributed by atoms with E-state index >= 15 is 0 Å². The summed E-state index contributed by atoms with van der Waals surface area (Å²) in [4.78, 5) is 21.4. The first-order chi connectivity index (χ1) is 12.2. The molecule has 1 aromatic heterocycles. The Morgan fingerprint density at radius 2 is 2.00 bits per heavy atom. The fraction of sp³-hybridized carbons (Fsp3) is 0.400. The highest BCUT2D eigenvalue weighted by Gasteiger charge is 2.26. The Labute approximate surface area is 154 Å². The maximum Gasteiger partial charge on any atom is 0.230 e. The van der Waals surface area contributed by atoms with Crippen molar-refractivity contribution in [3.8, 4) is 0 Å². The van der Waals surface area contributed by atoms with Gasteiger partial charge in [0.2, 0.25) is 5.91 Å². The van der Waals surface area contributed by atoms with Crippen LogP contribution in [0.1, 0.15) is 43.7 Å². The summed E-state index contributed by atoms with van der Waals surface area (Å²) in [5.74, 6) is 1.03. The van der Waals surface area contributed by atoms with E-state index in [-0.39, 0.29) is 5.91 Å². The van der Waals surface area contributed by atoms with Gasteiger partial charge in [-0.05, 0) is 25.0 Å². The normalized spacial score (nSPS) is 16.5. The molecule has 6 heteroatoms. The monoisotopic (exact) mass is 354 g/mol. The average Bonchev–Trinajstić information content (AvgIpc) is 2.98. The minimum Gasteiger partial charge on any atom is -0.369 e. The second kappa shape index (κ2) is 6.96. The van der Waals surface area contributed by atoms with E-state index in [1.807, 2.05) is 20.8 Å². The number of hydrogen-bond acceptors (Lipinski definition) is 4. The van der Waals surface area contributed by atoms with Crippen LogP contribution in [0.15, 0.2) is 35.3 Å². The van der Waals surface area contributed by atoms with Gasteiger partial charge >= 0.3 is 0 Å². The Balaban J connectivity index is 1.67. The van der Waals surface area contributed by atoms with E-state index in [1.54, 1.807) is 17.3 Å². The fourth-order valence-electron chi connectivity index (χ4n) is 2.71. The molecule has 0 fully saturated rings. The first-order valence-corrected chi connectivity index (χ1v) is 8.82. The second-order valence-corrected chi connectivity index (χ2v) is 7.78. The van der Waals surface area contributed by atoms with Crippen molar-refractivity contribution in [2.45, 2.75) is 40.3 Å². The summed E-state index contributed by atoms with van der Waals surface area (Å²) in [5, 5.41) is 13.5. The van der Waals surface area contributed by atoms with Crippen molar-refractivity contribution in [3.63, 3.8) is 0 Å². The SMILES string of the molecule is Cc1ccc(CCN2C=Nc3[nH]c(NC(=O)C(C)(C)C)cc3C2O)cc1. The molecule has 1 aliphatic rings. The van der Waals surface area contributed by atoms with Gasteiger partial charge in [0.1, 0.15) is 11.6 Å². The van der Waals surface area contributed by atoms with E-state index in [1.165, 1.54) is 11.1 Å². The van der Waals surface area contributed by atoms with Crippen molar-refractivity contribution in [1.82, 2.24) is 9.88 Å². The summed E-state index contributed by atoms with van der Waals surface area (Å²) < 4.78 is 0. The minimum absolute atomic E-state index is 0.0919. The molecule has 3 N–H and O–H groups in total. The third kappa shape index (κ3) is 3.96. The molecule has 1 aliphatic heterocycles. The molecule has 0 spiro atoms. The number of aliphatic hydroxyl groups is 1. The number of rotatable bonds is 4. The largest absolute Gasteiger partial charge is 0.369 e. The second-order valence-electron chi connectivity index (χ2n) is 7.78. The van der Waals surface area contributed by atoms with E-state index in [0.717, 1.165) is 6.42 Å². The van der Waals surface area contributed by atoms with Crippen LogP contribution >= 0.6 is 0 Å². The summed E-state index contributed by atoms with van der Waals surface area (Å²) in [5.41, 5.74) is 2.62. The zero-order valence-electron chi connectivity index (χ0n) is 15.7. The van der Waals surface area contributed by atoms with Gasteiger partial charge in [-0.25, -0.2) is 4.99 Å². The average molecular weight is 354 g/mol. The number of H-pyrrole nitrogens is 1. The van der Waals surface area contributed by atoms with E-state index < -0.39 is 11.6 Å². The van der Waals surface area contributed by atoms with Crippen LogP contribution in [0.25, 0.3) is 0 Å². The molecule has 1 aromatic carbocycles. The lowest BCUT2D eigenvalue weighted by Gasteiger charge is -2.28. The smallest absolute Gasteiger partial charge is 0.230 e. The van der Waals surface area contributed by atoms with Crippen molar-refractivity contribution >= 4 is 23.9 Å². The molecule has 1 atom stereocenters. The lowest BCUT2D eigenvalue weighted by molar-refractivity contribution is -0.123. The van der Waals surface area contributed by atoms with Crippen molar-refractivity contribution in [2.75, 3.05) is 11.9 Å². The number of carbonyl (C=O) groups is 1. The quantitative estimate of drug-likeness (QED) is 0.786. The van der Waals surface area contributed by atoms with E-state index in [4.69, 9.17) is 0 Å². The molecule has 1 amide bonds. The summed E-state index contributed by atoms with van der Waals surface area (Å²) in [6, 6.07) is 10.1. The molecular formula is C20H26N4O2. The summed E-state index contributed by atoms with van der Waals surface area (Å²) in [6.07, 6.45) is 1.67. The standard InChI is InChI=1S/C20H26N4O2/c1-13-5-7-14(8-6-13)9-10-24-12-21-17-15(18(24)25)11-16(22-17)23-19(26)20(2,3)4/h5-8,11-12,18,22,25H,9-10H2,1-4H3,(H,23,26). The summed E-state index contributed by atoms with van der Waals surface area (Å²) in [7, 11) is 0. The Kier molecular flexibility index (Phi) is 4.87. The maximum absolute atomic E-state index is 12.1. The number of aryl methyl sites for hydroxylation is 1. The van der Waals surface area contributed by atoms with Gasteiger partial charge in [0.15, 0.2) is 6.23 Å². The molecule has 0 saturated heterocycles. The Hall–Kier alpha value is -2.60. The van der Waals surface area contributed by atoms with Gasteiger partial charge in [0.25, 0.3) is 0 Å². The molecule has 2 heterocycles. The molecule has 6 nitrogen and oxygen atoms in total. The predicted octanol–water partition coefficient (Wildman–Crippen LogP) is 3.52. The molecule has 2 aromatic rings. The number of nitrogens with one attached hydrogen (secondary N) is 2. The fourth-order valence-corrected chi connectivity index (χ4v) is 2.71. The number of benzene rings is 1. The third-order valence-corrected chi connectivity index (χ3v) is 4.46. The van der Waals surface area contributed by atoms with E-state index in [2.05, 4.69) is 46.5 Å². The van der Waals surface area contributed by atoms with Gasteiger partial charge in [0.05, 0.1) is 6.34 Å². The Bertz CT molecular complexity index is 815. The number of aromatic nitrogens is 1. The van der Waals surface area contributed by atoms with E-state index in [0.29, 0.717) is 23.7 Å². The molecular weight excluding hydrogens is 328 g/mol. The number of hydrogen-bond donors (Lipinski definition) is 3. The van der Waals surface area contributed by atoms with Crippen LogP contribution in [-0.4, -0.2) is 33.8 Å². The zero-order valence-corrected chi connectivity index (χ0v) is 15.7. The minimum atomic E-state index is -0.788. The third-order valence-electron chi connectivity index (χ3n) is 4.46. The first kappa shape index (κ1) is 18.2. The maximum atomic E-state index is 12.1. The van der Waals surface area contributed by atoms with Gasteiger partial charge < -0.3 is 20.3 Å². The molecule has 1 unspecified atom stereocenters. The van der Waals surface area contributed by atoms with Crippen LogP contribution in [-0.2, 0) is 11.2 Å². The number of anilines is 1. The number of amides is 1. The van der Waals surface area contributed by atoms with Crippen molar-refractivity contribution in [3.05, 3.63) is 47.0 Å². The van der Waals surface area contributed by atoms with Gasteiger partial charge in [-0.15, -0.1) is 0 Å². The van der Waals surface area contributed by atoms with Crippen LogP contribution in [0.2, 0.25) is 0 Å². The summed E-state index contributed by atoms with van der Waals surface area (Å²) >= 11 is 0. The number of nitrogens with zero attached hydrogens (tertiary/aromatic N) is 2. The van der Waals surface area contributed by atoms with Crippen LogP contribution in [0.4, 0.5) is 11.6 Å². The highest BCUT2D eigenvalue weighted by Crippen LogP contribution is 2.33. The van der Waals surface area contributed by atoms with Gasteiger partial charge in [-0.3, -0.25) is 4.79 Å². The van der Waals surface area contributed by atoms with Crippen LogP contribution in [0.5, 0.6) is 0 Å². The Morgan fingerprint density at radius 1 is 1.31 bits per heavy atom. The lowest BCUT2D eigenvalue weighted by atomic mass is 9.96. The molecule has 0 aliphatic carbocycles. The van der Waals surface area contributed by atoms with Crippen molar-refractivity contribution in [1.29, 1.82) is 0 Å². The van der Waals surface area contributed by atoms with Crippen LogP contribution < -0.4 is 5.32 Å². The molecule has 26 heavy (non-hydrogen) atoms. The first-order valence-electron chi connectivity index (χ1n) is 8.82. The molecule has 0 bridgehead atoms. The Morgan fingerprint density at radius 3 is 2.65 bits per heavy atom. The van der Waals surface area contributed by atoms with Gasteiger partial charge in [0, 0.05) is 17.5 Å². The highest BCUT2D eigenvalue weighted by atomic mass is 16.3. The zero-order chi connectivity index (χ0) is 18.9. The lowest BCUT2D eigenvalue weighted by Crippen LogP contribution is -2.31. The van der Waals surface area contributed by atoms with Crippen molar-refractivity contribution < 1.29 is 9.90 Å².